The number of benzene rings is 1. The Kier molecular flexibility index (Phi) is 4.47. The van der Waals surface area contributed by atoms with Crippen molar-refractivity contribution in [2.24, 2.45) is 0 Å². The second kappa shape index (κ2) is 6.29. The maximum atomic E-state index is 11.5. The smallest absolute Gasteiger partial charge is 0.354 e. The van der Waals surface area contributed by atoms with Gasteiger partial charge < -0.3 is 23.9 Å². The van der Waals surface area contributed by atoms with Crippen LogP contribution in [-0.2, 0) is 9.47 Å². The van der Waals surface area contributed by atoms with Crippen LogP contribution < -0.4 is 9.47 Å². The van der Waals surface area contributed by atoms with E-state index in [1.54, 1.807) is 19.2 Å². The number of aromatic nitrogens is 1. The molecule has 0 spiro atoms. The van der Waals surface area contributed by atoms with Gasteiger partial charge in [-0.1, -0.05) is 0 Å². The number of carbonyl (C=O) groups is 1. The summed E-state index contributed by atoms with van der Waals surface area (Å²) in [6.07, 6.45) is 0. The van der Waals surface area contributed by atoms with Crippen molar-refractivity contribution in [3.63, 3.8) is 0 Å². The first-order chi connectivity index (χ1) is 9.69. The summed E-state index contributed by atoms with van der Waals surface area (Å²) >= 11 is 0. The normalized spacial score (nSPS) is 10.6. The minimum atomic E-state index is -0.418. The summed E-state index contributed by atoms with van der Waals surface area (Å²) < 4.78 is 20.6. The third-order valence-corrected chi connectivity index (χ3v) is 2.72. The maximum Gasteiger partial charge on any atom is 0.354 e. The molecule has 0 bridgehead atoms. The zero-order valence-electron chi connectivity index (χ0n) is 11.7. The summed E-state index contributed by atoms with van der Waals surface area (Å²) in [7, 11) is 2.88. The molecule has 0 saturated heterocycles. The number of ether oxygens (including phenoxy) is 4. The van der Waals surface area contributed by atoms with Crippen molar-refractivity contribution in [3.05, 3.63) is 23.9 Å². The van der Waals surface area contributed by atoms with Gasteiger partial charge in [-0.2, -0.15) is 0 Å². The molecular formula is C14H17NO5. The van der Waals surface area contributed by atoms with Crippen LogP contribution in [0.4, 0.5) is 0 Å². The van der Waals surface area contributed by atoms with Gasteiger partial charge in [0.25, 0.3) is 0 Å². The molecular weight excluding hydrogens is 262 g/mol. The lowest BCUT2D eigenvalue weighted by molar-refractivity contribution is 0.0488. The summed E-state index contributed by atoms with van der Waals surface area (Å²) in [4.78, 5) is 14.5. The van der Waals surface area contributed by atoms with Gasteiger partial charge in [-0.3, -0.25) is 0 Å². The van der Waals surface area contributed by atoms with Crippen LogP contribution in [0.3, 0.4) is 0 Å². The van der Waals surface area contributed by atoms with Crippen molar-refractivity contribution >= 4 is 16.9 Å². The fourth-order valence-corrected chi connectivity index (χ4v) is 1.86. The van der Waals surface area contributed by atoms with Crippen LogP contribution in [0, 0.1) is 0 Å². The lowest BCUT2D eigenvalue weighted by atomic mass is 10.2. The van der Waals surface area contributed by atoms with Gasteiger partial charge in [0.15, 0.2) is 18.3 Å². The number of fused-ring (bicyclic) bond motifs is 1. The molecule has 0 unspecified atom stereocenters. The van der Waals surface area contributed by atoms with E-state index in [-0.39, 0.29) is 6.79 Å². The van der Waals surface area contributed by atoms with E-state index < -0.39 is 5.97 Å². The highest BCUT2D eigenvalue weighted by Crippen LogP contribution is 2.33. The molecule has 6 heteroatoms. The monoisotopic (exact) mass is 279 g/mol. The number of hydrogen-bond donors (Lipinski definition) is 1. The molecule has 1 heterocycles. The van der Waals surface area contributed by atoms with Gasteiger partial charge in [-0.05, 0) is 19.1 Å². The van der Waals surface area contributed by atoms with Crippen molar-refractivity contribution in [1.29, 1.82) is 0 Å². The molecule has 1 N–H and O–H groups in total. The third-order valence-electron chi connectivity index (χ3n) is 2.72. The Hall–Kier alpha value is -2.21. The van der Waals surface area contributed by atoms with E-state index in [1.807, 2.05) is 13.0 Å². The van der Waals surface area contributed by atoms with E-state index in [1.165, 1.54) is 7.11 Å². The van der Waals surface area contributed by atoms with Crippen LogP contribution in [-0.4, -0.2) is 38.6 Å². The van der Waals surface area contributed by atoms with Crippen molar-refractivity contribution in [1.82, 2.24) is 4.98 Å². The van der Waals surface area contributed by atoms with Gasteiger partial charge in [-0.25, -0.2) is 4.79 Å². The SMILES string of the molecule is CCOc1cc2cc(C(=O)OC)[nH]c2cc1OCOC. The highest BCUT2D eigenvalue weighted by Gasteiger charge is 2.13. The van der Waals surface area contributed by atoms with E-state index in [0.29, 0.717) is 23.8 Å². The molecule has 0 aliphatic rings. The highest BCUT2D eigenvalue weighted by molar-refractivity contribution is 5.95. The Morgan fingerprint density at radius 3 is 2.55 bits per heavy atom. The lowest BCUT2D eigenvalue weighted by Gasteiger charge is -2.11. The number of H-pyrrole nitrogens is 1. The summed E-state index contributed by atoms with van der Waals surface area (Å²) in [5, 5.41) is 0.846. The predicted octanol–water partition coefficient (Wildman–Crippen LogP) is 2.34. The zero-order chi connectivity index (χ0) is 14.5. The molecule has 1 aromatic heterocycles. The number of nitrogens with one attached hydrogen (secondary N) is 1. The largest absolute Gasteiger partial charge is 0.490 e. The zero-order valence-corrected chi connectivity index (χ0v) is 11.7. The van der Waals surface area contributed by atoms with Gasteiger partial charge in [-0.15, -0.1) is 0 Å². The second-order valence-corrected chi connectivity index (χ2v) is 4.04. The molecule has 0 radical (unpaired) electrons. The van der Waals surface area contributed by atoms with Crippen molar-refractivity contribution < 1.29 is 23.7 Å². The number of carbonyl (C=O) groups excluding carboxylic acids is 1. The Morgan fingerprint density at radius 2 is 1.90 bits per heavy atom. The summed E-state index contributed by atoms with van der Waals surface area (Å²) in [5.41, 5.74) is 1.15. The summed E-state index contributed by atoms with van der Waals surface area (Å²) in [6.45, 7) is 2.53. The molecule has 1 aromatic carbocycles. The molecule has 0 saturated carbocycles. The van der Waals surface area contributed by atoms with Crippen LogP contribution in [0.5, 0.6) is 11.5 Å². The van der Waals surface area contributed by atoms with Crippen LogP contribution in [0.25, 0.3) is 10.9 Å². The molecule has 0 aliphatic carbocycles. The average molecular weight is 279 g/mol. The highest BCUT2D eigenvalue weighted by atomic mass is 16.7. The molecule has 2 aromatic rings. The molecule has 0 aliphatic heterocycles. The van der Waals surface area contributed by atoms with Gasteiger partial charge in [0, 0.05) is 18.6 Å². The van der Waals surface area contributed by atoms with Crippen molar-refractivity contribution in [2.75, 3.05) is 27.6 Å². The topological polar surface area (TPSA) is 69.8 Å². The van der Waals surface area contributed by atoms with E-state index >= 15 is 0 Å². The minimum absolute atomic E-state index is 0.121. The number of hydrogen-bond acceptors (Lipinski definition) is 5. The number of rotatable bonds is 6. The molecule has 0 atom stereocenters. The molecule has 0 fully saturated rings. The first kappa shape index (κ1) is 14.2. The first-order valence-electron chi connectivity index (χ1n) is 6.19. The van der Waals surface area contributed by atoms with Gasteiger partial charge >= 0.3 is 5.97 Å². The van der Waals surface area contributed by atoms with Crippen LogP contribution in [0.15, 0.2) is 18.2 Å². The Labute approximate surface area is 116 Å². The number of aromatic amines is 1. The van der Waals surface area contributed by atoms with E-state index in [2.05, 4.69) is 9.72 Å². The molecule has 0 amide bonds. The van der Waals surface area contributed by atoms with Crippen molar-refractivity contribution in [3.8, 4) is 11.5 Å². The third kappa shape index (κ3) is 2.85. The number of esters is 1. The number of methoxy groups -OCH3 is 2. The van der Waals surface area contributed by atoms with Gasteiger partial charge in [0.05, 0.1) is 19.2 Å². The average Bonchev–Trinajstić information content (AvgIpc) is 2.87. The Morgan fingerprint density at radius 1 is 1.15 bits per heavy atom. The lowest BCUT2D eigenvalue weighted by Crippen LogP contribution is -2.02. The van der Waals surface area contributed by atoms with Gasteiger partial charge in [0.2, 0.25) is 0 Å². The van der Waals surface area contributed by atoms with Crippen molar-refractivity contribution in [2.45, 2.75) is 6.92 Å². The molecule has 2 rings (SSSR count). The van der Waals surface area contributed by atoms with Gasteiger partial charge in [0.1, 0.15) is 5.69 Å². The van der Waals surface area contributed by atoms with Crippen LogP contribution >= 0.6 is 0 Å². The molecule has 6 nitrogen and oxygen atoms in total. The van der Waals surface area contributed by atoms with Crippen LogP contribution in [0.2, 0.25) is 0 Å². The Balaban J connectivity index is 2.43. The standard InChI is InChI=1S/C14H17NO5/c1-4-19-12-6-9-5-11(14(16)18-3)15-10(9)7-13(12)20-8-17-2/h5-7,15H,4,8H2,1-3H3. The fraction of sp³-hybridized carbons (Fsp3) is 0.357. The van der Waals surface area contributed by atoms with Crippen LogP contribution in [0.1, 0.15) is 17.4 Å². The predicted molar refractivity (Wildman–Crippen MR) is 73.3 cm³/mol. The first-order valence-corrected chi connectivity index (χ1v) is 6.19. The fourth-order valence-electron chi connectivity index (χ4n) is 1.86. The maximum absolute atomic E-state index is 11.5. The van der Waals surface area contributed by atoms with E-state index in [0.717, 1.165) is 10.9 Å². The quantitative estimate of drug-likeness (QED) is 0.649. The summed E-state index contributed by atoms with van der Waals surface area (Å²) in [5.74, 6) is 0.741. The minimum Gasteiger partial charge on any atom is -0.490 e. The van der Waals surface area contributed by atoms with E-state index in [4.69, 9.17) is 14.2 Å². The van der Waals surface area contributed by atoms with E-state index in [9.17, 15) is 4.79 Å². The second-order valence-electron chi connectivity index (χ2n) is 4.04. The molecule has 20 heavy (non-hydrogen) atoms. The summed E-state index contributed by atoms with van der Waals surface area (Å²) in [6, 6.07) is 5.29. The Bertz CT molecular complexity index is 605. The molecule has 108 valence electrons.